The van der Waals surface area contributed by atoms with Crippen LogP contribution in [0.5, 0.6) is 0 Å². The zero-order valence-electron chi connectivity index (χ0n) is 5.77. The number of amides is 1. The molecule has 1 amide bonds. The Labute approximate surface area is 64.1 Å². The van der Waals surface area contributed by atoms with Crippen molar-refractivity contribution in [3.8, 4) is 0 Å². The fraction of sp³-hybridized carbons (Fsp3) is 0. The van der Waals surface area contributed by atoms with Gasteiger partial charge in [-0.25, -0.2) is 10.3 Å². The van der Waals surface area contributed by atoms with Gasteiger partial charge in [0, 0.05) is 0 Å². The summed E-state index contributed by atoms with van der Waals surface area (Å²) in [4.78, 5) is 9.01. The van der Waals surface area contributed by atoms with Crippen LogP contribution in [0.3, 0.4) is 0 Å². The molecule has 0 aromatic heterocycles. The molecule has 0 atom stereocenters. The highest BCUT2D eigenvalue weighted by Gasteiger charge is 1.79. The number of hydrogen-bond donors (Lipinski definition) is 3. The summed E-state index contributed by atoms with van der Waals surface area (Å²) in [6.07, 6.45) is -1.44. The van der Waals surface area contributed by atoms with E-state index >= 15 is 0 Å². The van der Waals surface area contributed by atoms with Gasteiger partial charge in [0.05, 0.1) is 0 Å². The summed E-state index contributed by atoms with van der Waals surface area (Å²) in [5, 5.41) is 14.7. The summed E-state index contributed by atoms with van der Waals surface area (Å²) < 4.78 is 0. The van der Waals surface area contributed by atoms with Gasteiger partial charge in [-0.15, -0.1) is 0 Å². The maximum absolute atomic E-state index is 9.01. The minimum Gasteiger partial charge on any atom is -0.464 e. The molecule has 0 unspecified atom stereocenters. The summed E-state index contributed by atoms with van der Waals surface area (Å²) in [6, 6.07) is 12.0. The Bertz CT molecular complexity index is 161. The molecule has 4 nitrogen and oxygen atoms in total. The van der Waals surface area contributed by atoms with E-state index in [0.29, 0.717) is 0 Å². The van der Waals surface area contributed by atoms with Crippen molar-refractivity contribution in [2.45, 2.75) is 0 Å². The number of nitrogens with one attached hydrogen (secondary N) is 1. The van der Waals surface area contributed by atoms with Gasteiger partial charge in [0.25, 0.3) is 0 Å². The molecule has 0 fully saturated rings. The van der Waals surface area contributed by atoms with E-state index in [2.05, 4.69) is 0 Å². The molecule has 3 N–H and O–H groups in total. The number of carbonyl (C=O) groups is 1. The molecule has 0 aliphatic carbocycles. The molecule has 1 aromatic carbocycles. The van der Waals surface area contributed by atoms with Crippen molar-refractivity contribution in [3.63, 3.8) is 0 Å². The van der Waals surface area contributed by atoms with Crippen LogP contribution < -0.4 is 5.48 Å². The molecule has 0 saturated heterocycles. The van der Waals surface area contributed by atoms with Crippen LogP contribution in [0.15, 0.2) is 36.4 Å². The van der Waals surface area contributed by atoms with Crippen LogP contribution in [0.1, 0.15) is 0 Å². The van der Waals surface area contributed by atoms with Crippen LogP contribution >= 0.6 is 0 Å². The normalized spacial score (nSPS) is 7.36. The van der Waals surface area contributed by atoms with Gasteiger partial charge < -0.3 is 5.11 Å². The third kappa shape index (κ3) is 8.45. The van der Waals surface area contributed by atoms with E-state index < -0.39 is 6.09 Å². The van der Waals surface area contributed by atoms with Crippen molar-refractivity contribution >= 4 is 6.09 Å². The fourth-order valence-electron chi connectivity index (χ4n) is 0.385. The molecular weight excluding hydrogens is 146 g/mol. The molecule has 0 saturated carbocycles. The van der Waals surface area contributed by atoms with E-state index in [4.69, 9.17) is 15.1 Å². The number of benzene rings is 1. The second kappa shape index (κ2) is 6.57. The van der Waals surface area contributed by atoms with Crippen molar-refractivity contribution < 1.29 is 15.1 Å². The van der Waals surface area contributed by atoms with E-state index in [1.165, 1.54) is 0 Å². The minimum atomic E-state index is -1.44. The average molecular weight is 155 g/mol. The number of carboxylic acid groups (broad SMARTS) is 1. The van der Waals surface area contributed by atoms with Crippen molar-refractivity contribution in [2.75, 3.05) is 0 Å². The first-order chi connectivity index (χ1) is 5.27. The van der Waals surface area contributed by atoms with Crippen LogP contribution in [0.4, 0.5) is 4.79 Å². The Hall–Kier alpha value is -1.55. The lowest BCUT2D eigenvalue weighted by Gasteiger charge is -1.77. The predicted octanol–water partition coefficient (Wildman–Crippen LogP) is 1.33. The topological polar surface area (TPSA) is 69.6 Å². The van der Waals surface area contributed by atoms with Gasteiger partial charge in [0.1, 0.15) is 0 Å². The first-order valence-electron chi connectivity index (χ1n) is 2.90. The molecule has 1 rings (SSSR count). The molecule has 0 aliphatic rings. The maximum Gasteiger partial charge on any atom is 0.428 e. The summed E-state index contributed by atoms with van der Waals surface area (Å²) in [5.74, 6) is 0. The highest BCUT2D eigenvalue weighted by molar-refractivity contribution is 5.62. The fourth-order valence-corrected chi connectivity index (χ4v) is 0.385. The average Bonchev–Trinajstić information content (AvgIpc) is 2.09. The summed E-state index contributed by atoms with van der Waals surface area (Å²) in [6.45, 7) is 0. The Balaban J connectivity index is 0.000000187. The molecule has 11 heavy (non-hydrogen) atoms. The van der Waals surface area contributed by atoms with Gasteiger partial charge in [0.15, 0.2) is 0 Å². The van der Waals surface area contributed by atoms with Crippen LogP contribution in [-0.4, -0.2) is 16.4 Å². The molecule has 1 aromatic rings. The Morgan fingerprint density at radius 3 is 1.27 bits per heavy atom. The molecule has 0 spiro atoms. The molecule has 0 radical (unpaired) electrons. The number of rotatable bonds is 0. The predicted molar refractivity (Wildman–Crippen MR) is 39.4 cm³/mol. The summed E-state index contributed by atoms with van der Waals surface area (Å²) in [5.41, 5.74) is 0.944. The second-order valence-corrected chi connectivity index (χ2v) is 1.57. The Kier molecular flexibility index (Phi) is 5.64. The minimum absolute atomic E-state index is 0.944. The smallest absolute Gasteiger partial charge is 0.428 e. The van der Waals surface area contributed by atoms with E-state index in [1.807, 2.05) is 36.4 Å². The van der Waals surface area contributed by atoms with Gasteiger partial charge in [-0.05, 0) is 0 Å². The van der Waals surface area contributed by atoms with E-state index in [9.17, 15) is 0 Å². The second-order valence-electron chi connectivity index (χ2n) is 1.57. The molecule has 0 bridgehead atoms. The molecular formula is C7H9NO3. The van der Waals surface area contributed by atoms with E-state index in [0.717, 1.165) is 5.48 Å². The van der Waals surface area contributed by atoms with E-state index in [1.54, 1.807) is 0 Å². The first-order valence-corrected chi connectivity index (χ1v) is 2.90. The largest absolute Gasteiger partial charge is 0.464 e. The van der Waals surface area contributed by atoms with Crippen LogP contribution in [0.2, 0.25) is 0 Å². The standard InChI is InChI=1S/C6H6.CH3NO3/c1-2-4-6-5-3-1;3-1(4)2-5/h1-6H;2,5H,(H,3,4). The van der Waals surface area contributed by atoms with Gasteiger partial charge in [-0.2, -0.15) is 0 Å². The Morgan fingerprint density at radius 2 is 1.18 bits per heavy atom. The summed E-state index contributed by atoms with van der Waals surface area (Å²) >= 11 is 0. The third-order valence-corrected chi connectivity index (χ3v) is 0.762. The van der Waals surface area contributed by atoms with Crippen LogP contribution in [-0.2, 0) is 0 Å². The monoisotopic (exact) mass is 155 g/mol. The molecule has 60 valence electrons. The molecule has 0 aliphatic heterocycles. The SMILES string of the molecule is O=C(O)NO.c1ccccc1. The maximum atomic E-state index is 9.01. The van der Waals surface area contributed by atoms with Gasteiger partial charge in [0.2, 0.25) is 0 Å². The van der Waals surface area contributed by atoms with E-state index in [-0.39, 0.29) is 0 Å². The van der Waals surface area contributed by atoms with Gasteiger partial charge >= 0.3 is 6.09 Å². The zero-order chi connectivity index (χ0) is 8.53. The summed E-state index contributed by atoms with van der Waals surface area (Å²) in [7, 11) is 0. The van der Waals surface area contributed by atoms with Gasteiger partial charge in [-0.3, -0.25) is 5.21 Å². The van der Waals surface area contributed by atoms with Crippen LogP contribution in [0.25, 0.3) is 0 Å². The quantitative estimate of drug-likeness (QED) is 0.391. The highest BCUT2D eigenvalue weighted by Crippen LogP contribution is 1.79. The number of hydroxylamine groups is 1. The van der Waals surface area contributed by atoms with Crippen molar-refractivity contribution in [2.24, 2.45) is 0 Å². The van der Waals surface area contributed by atoms with Crippen molar-refractivity contribution in [1.82, 2.24) is 5.48 Å². The van der Waals surface area contributed by atoms with Crippen LogP contribution in [0, 0.1) is 0 Å². The lowest BCUT2D eigenvalue weighted by Crippen LogP contribution is -2.14. The molecule has 4 heteroatoms. The van der Waals surface area contributed by atoms with Crippen molar-refractivity contribution in [3.05, 3.63) is 36.4 Å². The Morgan fingerprint density at radius 1 is 1.00 bits per heavy atom. The number of hydrogen-bond acceptors (Lipinski definition) is 2. The highest BCUT2D eigenvalue weighted by atomic mass is 16.5. The lowest BCUT2D eigenvalue weighted by molar-refractivity contribution is 0.122. The first kappa shape index (κ1) is 9.45. The third-order valence-electron chi connectivity index (χ3n) is 0.762. The molecule has 0 heterocycles. The lowest BCUT2D eigenvalue weighted by atomic mass is 10.4. The zero-order valence-corrected chi connectivity index (χ0v) is 5.77. The van der Waals surface area contributed by atoms with Crippen molar-refractivity contribution in [1.29, 1.82) is 0 Å². The van der Waals surface area contributed by atoms with Gasteiger partial charge in [-0.1, -0.05) is 36.4 Å².